The molecule has 6 nitrogen and oxygen atoms in total. The first kappa shape index (κ1) is 14.9. The van der Waals surface area contributed by atoms with E-state index < -0.39 is 15.8 Å². The molecule has 1 unspecified atom stereocenters. The van der Waals surface area contributed by atoms with Crippen LogP contribution in [0, 0.1) is 5.92 Å². The number of hydrogen-bond acceptors (Lipinski definition) is 5. The van der Waals surface area contributed by atoms with Crippen LogP contribution >= 0.6 is 0 Å². The van der Waals surface area contributed by atoms with Gasteiger partial charge in [-0.2, -0.15) is 0 Å². The molecule has 1 saturated heterocycles. The summed E-state index contributed by atoms with van der Waals surface area (Å²) in [5.74, 6) is -1.01. The fourth-order valence-electron chi connectivity index (χ4n) is 1.90. The van der Waals surface area contributed by atoms with Crippen molar-refractivity contribution in [3.63, 3.8) is 0 Å². The lowest BCUT2D eigenvalue weighted by Crippen LogP contribution is -2.35. The molecular formula is C11H19NO5S. The Kier molecular flexibility index (Phi) is 5.13. The van der Waals surface area contributed by atoms with E-state index in [1.54, 1.807) is 14.0 Å². The molecule has 1 fully saturated rings. The maximum atomic E-state index is 11.9. The van der Waals surface area contributed by atoms with E-state index in [2.05, 4.69) is 0 Å². The third kappa shape index (κ3) is 4.29. The first-order valence-corrected chi connectivity index (χ1v) is 7.79. The van der Waals surface area contributed by atoms with E-state index in [-0.39, 0.29) is 36.3 Å². The molecule has 0 radical (unpaired) electrons. The smallest absolute Gasteiger partial charge is 0.307 e. The Morgan fingerprint density at radius 1 is 1.39 bits per heavy atom. The molecule has 1 aliphatic heterocycles. The van der Waals surface area contributed by atoms with Gasteiger partial charge in [0.05, 0.1) is 30.5 Å². The Morgan fingerprint density at radius 2 is 2.06 bits per heavy atom. The van der Waals surface area contributed by atoms with Crippen molar-refractivity contribution in [1.29, 1.82) is 0 Å². The molecule has 18 heavy (non-hydrogen) atoms. The van der Waals surface area contributed by atoms with Gasteiger partial charge in [-0.25, -0.2) is 8.42 Å². The molecule has 0 saturated carbocycles. The van der Waals surface area contributed by atoms with E-state index in [0.29, 0.717) is 13.0 Å². The summed E-state index contributed by atoms with van der Waals surface area (Å²) in [7, 11) is -1.48. The fourth-order valence-corrected chi connectivity index (χ4v) is 3.64. The van der Waals surface area contributed by atoms with Gasteiger partial charge in [0, 0.05) is 13.6 Å². The van der Waals surface area contributed by atoms with Crippen LogP contribution in [-0.4, -0.2) is 56.9 Å². The van der Waals surface area contributed by atoms with E-state index >= 15 is 0 Å². The number of sulfone groups is 1. The number of esters is 1. The maximum absolute atomic E-state index is 11.9. The Hall–Kier alpha value is -1.11. The van der Waals surface area contributed by atoms with Gasteiger partial charge in [-0.1, -0.05) is 0 Å². The molecule has 0 aromatic rings. The van der Waals surface area contributed by atoms with Gasteiger partial charge in [0.25, 0.3) is 0 Å². The summed E-state index contributed by atoms with van der Waals surface area (Å²) >= 11 is 0. The summed E-state index contributed by atoms with van der Waals surface area (Å²) in [6, 6.07) is 0. The van der Waals surface area contributed by atoms with Crippen LogP contribution in [0.4, 0.5) is 0 Å². The third-order valence-corrected chi connectivity index (χ3v) is 4.68. The number of hydrogen-bond donors (Lipinski definition) is 0. The van der Waals surface area contributed by atoms with E-state index in [1.165, 1.54) is 4.90 Å². The van der Waals surface area contributed by atoms with E-state index in [4.69, 9.17) is 4.74 Å². The van der Waals surface area contributed by atoms with Gasteiger partial charge in [-0.3, -0.25) is 9.59 Å². The third-order valence-electron chi connectivity index (χ3n) is 2.91. The van der Waals surface area contributed by atoms with Crippen LogP contribution in [0.25, 0.3) is 0 Å². The predicted octanol–water partition coefficient (Wildman–Crippen LogP) is -0.167. The predicted molar refractivity (Wildman–Crippen MR) is 65.6 cm³/mol. The molecule has 0 bridgehead atoms. The SMILES string of the molecule is CCOC(=O)CCN(C)C(=O)C1CCS(=O)(=O)C1. The summed E-state index contributed by atoms with van der Waals surface area (Å²) < 4.78 is 27.3. The van der Waals surface area contributed by atoms with Crippen molar-refractivity contribution in [2.75, 3.05) is 31.7 Å². The fraction of sp³-hybridized carbons (Fsp3) is 0.818. The molecule has 0 spiro atoms. The van der Waals surface area contributed by atoms with Gasteiger partial charge in [0.15, 0.2) is 9.84 Å². The molecule has 0 aliphatic carbocycles. The van der Waals surface area contributed by atoms with Gasteiger partial charge in [-0.15, -0.1) is 0 Å². The summed E-state index contributed by atoms with van der Waals surface area (Å²) in [5.41, 5.74) is 0. The van der Waals surface area contributed by atoms with Crippen molar-refractivity contribution in [2.24, 2.45) is 5.92 Å². The molecule has 104 valence electrons. The Balaban J connectivity index is 2.40. The molecule has 0 aromatic heterocycles. The monoisotopic (exact) mass is 277 g/mol. The lowest BCUT2D eigenvalue weighted by atomic mass is 10.1. The molecule has 1 rings (SSSR count). The standard InChI is InChI=1S/C11H19NO5S/c1-3-17-10(13)4-6-12(2)11(14)9-5-7-18(15,16)8-9/h9H,3-8H2,1-2H3. The number of rotatable bonds is 5. The van der Waals surface area contributed by atoms with Crippen LogP contribution in [0.1, 0.15) is 19.8 Å². The first-order chi connectivity index (χ1) is 8.35. The maximum Gasteiger partial charge on any atom is 0.307 e. The molecule has 1 heterocycles. The zero-order valence-corrected chi connectivity index (χ0v) is 11.5. The molecular weight excluding hydrogens is 258 g/mol. The van der Waals surface area contributed by atoms with Crippen molar-refractivity contribution in [2.45, 2.75) is 19.8 Å². The van der Waals surface area contributed by atoms with Gasteiger partial charge in [-0.05, 0) is 13.3 Å². The van der Waals surface area contributed by atoms with Gasteiger partial charge >= 0.3 is 5.97 Å². The Labute approximate surface area is 107 Å². The number of nitrogens with zero attached hydrogens (tertiary/aromatic N) is 1. The quantitative estimate of drug-likeness (QED) is 0.652. The van der Waals surface area contributed by atoms with Crippen molar-refractivity contribution in [3.8, 4) is 0 Å². The highest BCUT2D eigenvalue weighted by atomic mass is 32.2. The van der Waals surface area contributed by atoms with Crippen LogP contribution in [0.2, 0.25) is 0 Å². The van der Waals surface area contributed by atoms with E-state index in [1.807, 2.05) is 0 Å². The highest BCUT2D eigenvalue weighted by Crippen LogP contribution is 2.20. The van der Waals surface area contributed by atoms with Gasteiger partial charge in [0.2, 0.25) is 5.91 Å². The van der Waals surface area contributed by atoms with Gasteiger partial charge in [0.1, 0.15) is 0 Å². The minimum Gasteiger partial charge on any atom is -0.466 e. The molecule has 1 atom stereocenters. The zero-order chi connectivity index (χ0) is 13.8. The van der Waals surface area contributed by atoms with Crippen LogP contribution in [0.3, 0.4) is 0 Å². The highest BCUT2D eigenvalue weighted by Gasteiger charge is 2.34. The van der Waals surface area contributed by atoms with Crippen molar-refractivity contribution >= 4 is 21.7 Å². The van der Waals surface area contributed by atoms with Crippen molar-refractivity contribution in [3.05, 3.63) is 0 Å². The second-order valence-corrected chi connectivity index (χ2v) is 6.64. The zero-order valence-electron chi connectivity index (χ0n) is 10.7. The number of carbonyl (C=O) groups is 2. The summed E-state index contributed by atoms with van der Waals surface area (Å²) in [6.45, 7) is 2.29. The van der Waals surface area contributed by atoms with Crippen LogP contribution in [0.15, 0.2) is 0 Å². The molecule has 0 N–H and O–H groups in total. The highest BCUT2D eigenvalue weighted by molar-refractivity contribution is 7.91. The first-order valence-electron chi connectivity index (χ1n) is 5.96. The largest absolute Gasteiger partial charge is 0.466 e. The summed E-state index contributed by atoms with van der Waals surface area (Å²) in [4.78, 5) is 24.5. The lowest BCUT2D eigenvalue weighted by molar-refractivity contribution is -0.144. The van der Waals surface area contributed by atoms with E-state index in [0.717, 1.165) is 0 Å². The van der Waals surface area contributed by atoms with Crippen molar-refractivity contribution < 1.29 is 22.7 Å². The molecule has 1 aliphatic rings. The van der Waals surface area contributed by atoms with Crippen LogP contribution in [-0.2, 0) is 24.2 Å². The lowest BCUT2D eigenvalue weighted by Gasteiger charge is -2.19. The normalized spacial score (nSPS) is 21.6. The summed E-state index contributed by atoms with van der Waals surface area (Å²) in [6.07, 6.45) is 0.514. The van der Waals surface area contributed by atoms with Gasteiger partial charge < -0.3 is 9.64 Å². The molecule has 1 amide bonds. The topological polar surface area (TPSA) is 80.8 Å². The molecule has 7 heteroatoms. The number of carbonyl (C=O) groups excluding carboxylic acids is 2. The second kappa shape index (κ2) is 6.17. The van der Waals surface area contributed by atoms with Crippen LogP contribution in [0.5, 0.6) is 0 Å². The van der Waals surface area contributed by atoms with Crippen molar-refractivity contribution in [1.82, 2.24) is 4.90 Å². The average molecular weight is 277 g/mol. The number of amides is 1. The summed E-state index contributed by atoms with van der Waals surface area (Å²) in [5, 5.41) is 0. The van der Waals surface area contributed by atoms with E-state index in [9.17, 15) is 18.0 Å². The van der Waals surface area contributed by atoms with Crippen LogP contribution < -0.4 is 0 Å². The molecule has 0 aromatic carbocycles. The number of ether oxygens (including phenoxy) is 1. The Bertz CT molecular complexity index is 417. The Morgan fingerprint density at radius 3 is 2.56 bits per heavy atom. The minimum atomic E-state index is -3.05. The minimum absolute atomic E-state index is 0.0738. The average Bonchev–Trinajstić information content (AvgIpc) is 2.66. The second-order valence-electron chi connectivity index (χ2n) is 4.41.